The van der Waals surface area contributed by atoms with Gasteiger partial charge in [-0.1, -0.05) is 12.1 Å². The quantitative estimate of drug-likeness (QED) is 0.711. The first-order valence-electron chi connectivity index (χ1n) is 10.1. The molecule has 0 saturated carbocycles. The Labute approximate surface area is 175 Å². The second kappa shape index (κ2) is 6.11. The van der Waals surface area contributed by atoms with E-state index in [-0.39, 0.29) is 24.7 Å². The number of ether oxygens (including phenoxy) is 2. The average Bonchev–Trinajstić information content (AvgIpc) is 3.15. The van der Waals surface area contributed by atoms with E-state index >= 15 is 0 Å². The Hall–Kier alpha value is -3.28. The first kappa shape index (κ1) is 18.7. The first-order valence-corrected chi connectivity index (χ1v) is 10.1. The molecule has 3 aliphatic rings. The van der Waals surface area contributed by atoms with Crippen molar-refractivity contribution >= 4 is 29.3 Å². The van der Waals surface area contributed by atoms with Gasteiger partial charge in [-0.05, 0) is 55.8 Å². The number of likely N-dealkylation sites (N-methyl/N-ethyl adjacent to an activating group) is 1. The Kier molecular flexibility index (Phi) is 3.81. The summed E-state index contributed by atoms with van der Waals surface area (Å²) in [6.45, 7) is 4.25. The van der Waals surface area contributed by atoms with E-state index in [1.165, 1.54) is 4.90 Å². The predicted molar refractivity (Wildman–Crippen MR) is 115 cm³/mol. The molecule has 0 aliphatic carbocycles. The van der Waals surface area contributed by atoms with Crippen LogP contribution in [0.3, 0.4) is 0 Å². The Morgan fingerprint density at radius 1 is 1.07 bits per heavy atom. The summed E-state index contributed by atoms with van der Waals surface area (Å²) < 4.78 is 12.2. The molecule has 0 N–H and O–H groups in total. The van der Waals surface area contributed by atoms with Crippen molar-refractivity contribution < 1.29 is 19.1 Å². The Morgan fingerprint density at radius 2 is 1.80 bits per heavy atom. The third-order valence-corrected chi connectivity index (χ3v) is 6.69. The van der Waals surface area contributed by atoms with E-state index in [1.807, 2.05) is 43.4 Å². The molecule has 5 rings (SSSR count). The number of imide groups is 1. The lowest BCUT2D eigenvalue weighted by atomic mass is 9.76. The van der Waals surface area contributed by atoms with Crippen LogP contribution in [0, 0.1) is 0 Å². The standard InChI is InChI=1S/C24H24N2O4/c1-23(2)17-14-16(26-20(27)10-11-21(26)28)8-9-18(17)25(3)24(23)13-12-15-6-5-7-19(29-4)22(15)30-24/h5-9,12-14H,10-11H2,1-4H3. The van der Waals surface area contributed by atoms with Gasteiger partial charge in [0.25, 0.3) is 0 Å². The van der Waals surface area contributed by atoms with Crippen LogP contribution in [0.1, 0.15) is 37.8 Å². The summed E-state index contributed by atoms with van der Waals surface area (Å²) in [5, 5.41) is 0. The smallest absolute Gasteiger partial charge is 0.234 e. The molecular formula is C24H24N2O4. The number of anilines is 2. The van der Waals surface area contributed by atoms with Gasteiger partial charge in [0.2, 0.25) is 17.5 Å². The molecule has 2 amide bonds. The highest BCUT2D eigenvalue weighted by atomic mass is 16.5. The van der Waals surface area contributed by atoms with E-state index in [0.717, 1.165) is 16.8 Å². The van der Waals surface area contributed by atoms with Crippen molar-refractivity contribution in [2.24, 2.45) is 0 Å². The molecule has 1 atom stereocenters. The molecule has 2 aromatic carbocycles. The number of hydrogen-bond donors (Lipinski definition) is 0. The summed E-state index contributed by atoms with van der Waals surface area (Å²) in [5.74, 6) is 1.10. The van der Waals surface area contributed by atoms with Gasteiger partial charge in [-0.2, -0.15) is 0 Å². The van der Waals surface area contributed by atoms with Gasteiger partial charge in [0.1, 0.15) is 0 Å². The predicted octanol–water partition coefficient (Wildman–Crippen LogP) is 3.88. The fourth-order valence-corrected chi connectivity index (χ4v) is 4.95. The van der Waals surface area contributed by atoms with Crippen LogP contribution in [-0.4, -0.2) is 31.7 Å². The number of hydrogen-bond acceptors (Lipinski definition) is 5. The van der Waals surface area contributed by atoms with Crippen LogP contribution in [0.25, 0.3) is 6.08 Å². The number of fused-ring (bicyclic) bond motifs is 2. The summed E-state index contributed by atoms with van der Waals surface area (Å²) in [6.07, 6.45) is 4.69. The molecule has 1 fully saturated rings. The van der Waals surface area contributed by atoms with Crippen LogP contribution in [0.5, 0.6) is 11.5 Å². The van der Waals surface area contributed by atoms with E-state index < -0.39 is 11.1 Å². The van der Waals surface area contributed by atoms with E-state index in [9.17, 15) is 9.59 Å². The monoisotopic (exact) mass is 404 g/mol. The number of para-hydroxylation sites is 1. The molecule has 0 radical (unpaired) electrons. The molecule has 3 aliphatic heterocycles. The molecule has 1 saturated heterocycles. The molecule has 154 valence electrons. The summed E-state index contributed by atoms with van der Waals surface area (Å²) in [5.41, 5.74) is 2.39. The van der Waals surface area contributed by atoms with Gasteiger partial charge >= 0.3 is 0 Å². The fraction of sp³-hybridized carbons (Fsp3) is 0.333. The van der Waals surface area contributed by atoms with Crippen LogP contribution in [0.4, 0.5) is 11.4 Å². The van der Waals surface area contributed by atoms with Gasteiger partial charge in [-0.25, -0.2) is 0 Å². The molecular weight excluding hydrogens is 380 g/mol. The number of nitrogens with zero attached hydrogens (tertiary/aromatic N) is 2. The lowest BCUT2D eigenvalue weighted by Gasteiger charge is -2.46. The van der Waals surface area contributed by atoms with E-state index in [0.29, 0.717) is 17.2 Å². The second-order valence-corrected chi connectivity index (χ2v) is 8.52. The molecule has 3 heterocycles. The van der Waals surface area contributed by atoms with Crippen LogP contribution in [0.2, 0.25) is 0 Å². The van der Waals surface area contributed by atoms with Crippen molar-refractivity contribution in [3.8, 4) is 11.5 Å². The number of methoxy groups -OCH3 is 1. The largest absolute Gasteiger partial charge is 0.493 e. The zero-order valence-corrected chi connectivity index (χ0v) is 17.6. The highest BCUT2D eigenvalue weighted by molar-refractivity contribution is 6.20. The Bertz CT molecular complexity index is 1100. The third-order valence-electron chi connectivity index (χ3n) is 6.69. The number of carbonyl (C=O) groups is 2. The Balaban J connectivity index is 1.63. The lowest BCUT2D eigenvalue weighted by molar-refractivity contribution is -0.121. The van der Waals surface area contributed by atoms with Gasteiger partial charge in [0.05, 0.1) is 18.2 Å². The van der Waals surface area contributed by atoms with Crippen molar-refractivity contribution in [3.05, 3.63) is 53.6 Å². The number of carbonyl (C=O) groups excluding carboxylic acids is 2. The number of rotatable bonds is 2. The van der Waals surface area contributed by atoms with Gasteiger partial charge in [-0.15, -0.1) is 0 Å². The second-order valence-electron chi connectivity index (χ2n) is 8.52. The highest BCUT2D eigenvalue weighted by Crippen LogP contribution is 2.56. The maximum Gasteiger partial charge on any atom is 0.234 e. The Morgan fingerprint density at radius 3 is 2.50 bits per heavy atom. The van der Waals surface area contributed by atoms with Crippen molar-refractivity contribution in [2.45, 2.75) is 37.8 Å². The highest BCUT2D eigenvalue weighted by Gasteiger charge is 2.58. The van der Waals surface area contributed by atoms with Gasteiger partial charge < -0.3 is 14.4 Å². The van der Waals surface area contributed by atoms with Crippen LogP contribution in [0.15, 0.2) is 42.5 Å². The minimum atomic E-state index is -0.769. The van der Waals surface area contributed by atoms with E-state index in [1.54, 1.807) is 7.11 Å². The molecule has 1 unspecified atom stereocenters. The van der Waals surface area contributed by atoms with Crippen LogP contribution >= 0.6 is 0 Å². The van der Waals surface area contributed by atoms with Gasteiger partial charge in [0, 0.05) is 31.1 Å². The van der Waals surface area contributed by atoms with Gasteiger partial charge in [0.15, 0.2) is 11.5 Å². The molecule has 0 bridgehead atoms. The van der Waals surface area contributed by atoms with Crippen molar-refractivity contribution in [1.29, 1.82) is 0 Å². The van der Waals surface area contributed by atoms with Crippen LogP contribution < -0.4 is 19.3 Å². The zero-order valence-electron chi connectivity index (χ0n) is 17.6. The molecule has 0 aromatic heterocycles. The molecule has 6 nitrogen and oxygen atoms in total. The van der Waals surface area contributed by atoms with Crippen molar-refractivity contribution in [3.63, 3.8) is 0 Å². The fourth-order valence-electron chi connectivity index (χ4n) is 4.95. The SMILES string of the molecule is COc1cccc2c1OC1(C=C2)N(C)c2ccc(N3C(=O)CCC3=O)cc2C1(C)C. The van der Waals surface area contributed by atoms with Crippen molar-refractivity contribution in [1.82, 2.24) is 0 Å². The zero-order chi connectivity index (χ0) is 21.3. The van der Waals surface area contributed by atoms with E-state index in [4.69, 9.17) is 9.47 Å². The summed E-state index contributed by atoms with van der Waals surface area (Å²) >= 11 is 0. The van der Waals surface area contributed by atoms with E-state index in [2.05, 4.69) is 30.9 Å². The molecule has 30 heavy (non-hydrogen) atoms. The lowest BCUT2D eigenvalue weighted by Crippen LogP contribution is -2.58. The number of amides is 2. The first-order chi connectivity index (χ1) is 14.3. The number of benzene rings is 2. The normalized spacial score (nSPS) is 23.6. The third kappa shape index (κ3) is 2.24. The molecule has 1 spiro atoms. The van der Waals surface area contributed by atoms with Gasteiger partial charge in [-0.3, -0.25) is 14.5 Å². The maximum atomic E-state index is 12.3. The molecule has 2 aromatic rings. The maximum absolute atomic E-state index is 12.3. The minimum Gasteiger partial charge on any atom is -0.493 e. The topological polar surface area (TPSA) is 59.1 Å². The van der Waals surface area contributed by atoms with Crippen LogP contribution in [-0.2, 0) is 15.0 Å². The summed E-state index contributed by atoms with van der Waals surface area (Å²) in [4.78, 5) is 27.9. The summed E-state index contributed by atoms with van der Waals surface area (Å²) in [6, 6.07) is 11.6. The summed E-state index contributed by atoms with van der Waals surface area (Å²) in [7, 11) is 3.64. The molecule has 6 heteroatoms. The minimum absolute atomic E-state index is 0.147. The van der Waals surface area contributed by atoms with Crippen molar-refractivity contribution in [2.75, 3.05) is 24.0 Å². The average molecular weight is 404 g/mol.